The second-order valence-electron chi connectivity index (χ2n) is 10.1. The van der Waals surface area contributed by atoms with Crippen molar-refractivity contribution in [2.45, 2.75) is 57.4 Å². The van der Waals surface area contributed by atoms with Gasteiger partial charge in [0.15, 0.2) is 0 Å². The van der Waals surface area contributed by atoms with Gasteiger partial charge in [-0.25, -0.2) is 4.98 Å². The van der Waals surface area contributed by atoms with Crippen LogP contribution in [0.2, 0.25) is 0 Å². The predicted octanol–water partition coefficient (Wildman–Crippen LogP) is 5.81. The largest absolute Gasteiger partial charge is 0.444 e. The summed E-state index contributed by atoms with van der Waals surface area (Å²) in [5.74, 6) is 2.04. The summed E-state index contributed by atoms with van der Waals surface area (Å²) in [5, 5.41) is 10.2. The second kappa shape index (κ2) is 9.70. The molecule has 0 spiro atoms. The van der Waals surface area contributed by atoms with Gasteiger partial charge in [-0.1, -0.05) is 25.0 Å². The Kier molecular flexibility index (Phi) is 6.09. The van der Waals surface area contributed by atoms with Crippen molar-refractivity contribution in [2.24, 2.45) is 16.6 Å². The number of nitrogens with zero attached hydrogens (tertiary/aromatic N) is 5. The van der Waals surface area contributed by atoms with Gasteiger partial charge < -0.3 is 10.5 Å². The van der Waals surface area contributed by atoms with Gasteiger partial charge in [0.05, 0.1) is 5.92 Å². The van der Waals surface area contributed by atoms with Crippen LogP contribution in [0, 0.1) is 17.2 Å². The first-order chi connectivity index (χ1) is 18.1. The maximum Gasteiger partial charge on any atom is 0.205 e. The minimum atomic E-state index is -0.284. The summed E-state index contributed by atoms with van der Waals surface area (Å²) in [6.45, 7) is 2.17. The van der Waals surface area contributed by atoms with Crippen LogP contribution < -0.4 is 5.73 Å². The summed E-state index contributed by atoms with van der Waals surface area (Å²) in [4.78, 5) is 14.0. The van der Waals surface area contributed by atoms with E-state index >= 15 is 0 Å². The fraction of sp³-hybridized carbons (Fsp3) is 0.333. The van der Waals surface area contributed by atoms with E-state index in [1.54, 1.807) is 12.4 Å². The molecule has 2 N–H and O–H groups in total. The summed E-state index contributed by atoms with van der Waals surface area (Å²) >= 11 is 0. The maximum absolute atomic E-state index is 10.2. The Morgan fingerprint density at radius 2 is 1.89 bits per heavy atom. The van der Waals surface area contributed by atoms with E-state index < -0.39 is 0 Å². The highest BCUT2D eigenvalue weighted by molar-refractivity contribution is 6.05. The van der Waals surface area contributed by atoms with Crippen molar-refractivity contribution in [3.05, 3.63) is 89.5 Å². The fourth-order valence-electron chi connectivity index (χ4n) is 5.90. The zero-order valence-corrected chi connectivity index (χ0v) is 21.0. The zero-order valence-electron chi connectivity index (χ0n) is 21.0. The van der Waals surface area contributed by atoms with E-state index in [1.807, 2.05) is 29.1 Å². The number of hydrogen-bond acceptors (Lipinski definition) is 6. The predicted molar refractivity (Wildman–Crippen MR) is 143 cm³/mol. The highest BCUT2D eigenvalue weighted by Gasteiger charge is 2.39. The number of benzene rings is 1. The van der Waals surface area contributed by atoms with Gasteiger partial charge in [-0.3, -0.25) is 14.5 Å². The highest BCUT2D eigenvalue weighted by Crippen LogP contribution is 2.45. The van der Waals surface area contributed by atoms with Gasteiger partial charge in [0, 0.05) is 65.7 Å². The molecule has 1 aromatic carbocycles. The zero-order chi connectivity index (χ0) is 25.4. The highest BCUT2D eigenvalue weighted by atomic mass is 16.5. The smallest absolute Gasteiger partial charge is 0.205 e. The lowest BCUT2D eigenvalue weighted by molar-refractivity contribution is 0.265. The summed E-state index contributed by atoms with van der Waals surface area (Å²) in [7, 11) is 0. The Morgan fingerprint density at radius 1 is 1.08 bits per heavy atom. The Bertz CT molecular complexity index is 1440. The topological polar surface area (TPSA) is 102 Å². The molecule has 2 aromatic heterocycles. The first-order valence-electron chi connectivity index (χ1n) is 13.1. The first kappa shape index (κ1) is 23.2. The van der Waals surface area contributed by atoms with Crippen molar-refractivity contribution < 1.29 is 4.74 Å². The molecule has 3 aliphatic rings. The van der Waals surface area contributed by atoms with Crippen molar-refractivity contribution in [1.82, 2.24) is 14.5 Å². The number of nitrogens with two attached hydrogens (primary N) is 1. The normalized spacial score (nSPS) is 22.2. The molecule has 186 valence electrons. The van der Waals surface area contributed by atoms with Gasteiger partial charge in [0.25, 0.3) is 0 Å². The lowest BCUT2D eigenvalue weighted by Gasteiger charge is -2.31. The van der Waals surface area contributed by atoms with Crippen LogP contribution in [0.1, 0.15) is 56.9 Å². The average molecular weight is 491 g/mol. The number of aliphatic imine (C=N–C) groups is 1. The quantitative estimate of drug-likeness (QED) is 0.497. The Labute approximate surface area is 217 Å². The molecule has 3 aromatic rings. The number of hydrogen-bond donors (Lipinski definition) is 1. The summed E-state index contributed by atoms with van der Waals surface area (Å²) in [6.07, 6.45) is 13.7. The van der Waals surface area contributed by atoms with Crippen LogP contribution in [0.5, 0.6) is 0 Å². The van der Waals surface area contributed by atoms with Crippen LogP contribution in [0.15, 0.2) is 89.0 Å². The molecule has 7 nitrogen and oxygen atoms in total. The van der Waals surface area contributed by atoms with Crippen LogP contribution >= 0.6 is 0 Å². The number of nitriles is 1. The Morgan fingerprint density at radius 3 is 2.62 bits per heavy atom. The van der Waals surface area contributed by atoms with Gasteiger partial charge in [0.1, 0.15) is 23.2 Å². The third kappa shape index (κ3) is 4.23. The number of pyridine rings is 1. The molecule has 0 amide bonds. The van der Waals surface area contributed by atoms with Crippen LogP contribution in [-0.4, -0.2) is 26.3 Å². The number of imidazole rings is 1. The van der Waals surface area contributed by atoms with Gasteiger partial charge in [-0.2, -0.15) is 5.26 Å². The van der Waals surface area contributed by atoms with Crippen molar-refractivity contribution >= 4 is 5.71 Å². The van der Waals surface area contributed by atoms with Crippen molar-refractivity contribution in [1.29, 1.82) is 5.26 Å². The van der Waals surface area contributed by atoms with Crippen molar-refractivity contribution in [3.8, 4) is 23.1 Å². The van der Waals surface area contributed by atoms with E-state index in [-0.39, 0.29) is 17.8 Å². The standard InChI is InChI=1S/C30H30N6O/c1-19-8-13-25-27(28(35-19)21-5-2-3-6-21)26(24(17-31)29(32)37-25)20-9-11-23(12-10-20)36-16-15-34-30(36)22-7-4-14-33-18-22/h4,7,9-12,14-16,18-19,21,26H,2-3,5-6,8,13,32H2,1H3. The Balaban J connectivity index is 1.43. The molecule has 1 aliphatic carbocycles. The molecule has 0 saturated heterocycles. The first-order valence-corrected chi connectivity index (χ1v) is 13.1. The van der Waals surface area contributed by atoms with E-state index in [2.05, 4.69) is 47.2 Å². The fourth-order valence-corrected chi connectivity index (χ4v) is 5.90. The van der Waals surface area contributed by atoms with Gasteiger partial charge in [-0.05, 0) is 56.0 Å². The molecule has 7 heteroatoms. The van der Waals surface area contributed by atoms with Gasteiger partial charge >= 0.3 is 0 Å². The number of aromatic nitrogens is 3. The van der Waals surface area contributed by atoms with E-state index in [9.17, 15) is 5.26 Å². The molecular formula is C30H30N6O. The van der Waals surface area contributed by atoms with Crippen molar-refractivity contribution in [3.63, 3.8) is 0 Å². The average Bonchev–Trinajstić information content (AvgIpc) is 3.61. The summed E-state index contributed by atoms with van der Waals surface area (Å²) in [6, 6.07) is 14.8. The second-order valence-corrected chi connectivity index (χ2v) is 10.1. The molecule has 2 atom stereocenters. The van der Waals surface area contributed by atoms with E-state index in [1.165, 1.54) is 12.8 Å². The van der Waals surface area contributed by atoms with E-state index in [0.29, 0.717) is 11.5 Å². The Hall–Kier alpha value is -4.18. The monoisotopic (exact) mass is 490 g/mol. The number of allylic oxidation sites excluding steroid dienone is 3. The number of rotatable bonds is 4. The summed E-state index contributed by atoms with van der Waals surface area (Å²) in [5.41, 5.74) is 11.9. The third-order valence-electron chi connectivity index (χ3n) is 7.73. The molecule has 2 aliphatic heterocycles. The molecule has 4 heterocycles. The van der Waals surface area contributed by atoms with E-state index in [0.717, 1.165) is 65.4 Å². The van der Waals surface area contributed by atoms with Gasteiger partial charge in [-0.15, -0.1) is 0 Å². The SMILES string of the molecule is CC1CCC2=C(C(C3CCCC3)=N1)C(c1ccc(-n3ccnc3-c3cccnc3)cc1)C(C#N)=C(N)O2. The van der Waals surface area contributed by atoms with Crippen LogP contribution in [0.3, 0.4) is 0 Å². The molecule has 0 bridgehead atoms. The molecule has 1 fully saturated rings. The molecule has 37 heavy (non-hydrogen) atoms. The van der Waals surface area contributed by atoms with Crippen molar-refractivity contribution in [2.75, 3.05) is 0 Å². The maximum atomic E-state index is 10.2. The van der Waals surface area contributed by atoms with Gasteiger partial charge in [0.2, 0.25) is 5.88 Å². The van der Waals surface area contributed by atoms with Crippen LogP contribution in [-0.2, 0) is 4.74 Å². The molecule has 1 saturated carbocycles. The van der Waals surface area contributed by atoms with Crippen LogP contribution in [0.25, 0.3) is 17.1 Å². The summed E-state index contributed by atoms with van der Waals surface area (Å²) < 4.78 is 8.17. The molecule has 6 rings (SSSR count). The lowest BCUT2D eigenvalue weighted by atomic mass is 9.77. The molecule has 0 radical (unpaired) electrons. The molecular weight excluding hydrogens is 460 g/mol. The lowest BCUT2D eigenvalue weighted by Crippen LogP contribution is -2.27. The number of ether oxygens (including phenoxy) is 1. The van der Waals surface area contributed by atoms with Crippen LogP contribution in [0.4, 0.5) is 0 Å². The third-order valence-corrected chi connectivity index (χ3v) is 7.73. The minimum absolute atomic E-state index is 0.212. The van der Waals surface area contributed by atoms with E-state index in [4.69, 9.17) is 15.5 Å². The minimum Gasteiger partial charge on any atom is -0.444 e. The molecule has 2 unspecified atom stereocenters.